The van der Waals surface area contributed by atoms with Gasteiger partial charge in [0.15, 0.2) is 0 Å². The standard InChI is InChI=1S/C20H25N5O2S/c1-13-21-11-16(28-13)12-27-15-4-5-18-17(10-15)19(25(3)23-18)20(26)22-14-6-8-24(2)9-7-14/h4-5,10-11,14H,6-9,12H2,1-3H3,(H,22,26). The fraction of sp³-hybridized carbons (Fsp3) is 0.450. The van der Waals surface area contributed by atoms with E-state index in [1.54, 1.807) is 16.0 Å². The van der Waals surface area contributed by atoms with Crippen LogP contribution in [0.4, 0.5) is 0 Å². The topological polar surface area (TPSA) is 72.3 Å². The molecule has 1 saturated heterocycles. The van der Waals surface area contributed by atoms with Crippen LogP contribution in [-0.4, -0.2) is 51.8 Å². The molecule has 1 aliphatic rings. The molecule has 1 aromatic carbocycles. The van der Waals surface area contributed by atoms with Crippen molar-refractivity contribution in [3.63, 3.8) is 0 Å². The first-order chi connectivity index (χ1) is 13.5. The fourth-order valence-corrected chi connectivity index (χ4v) is 4.28. The second kappa shape index (κ2) is 7.89. The number of nitrogens with one attached hydrogen (secondary N) is 1. The van der Waals surface area contributed by atoms with E-state index in [0.717, 1.165) is 52.5 Å². The number of piperidine rings is 1. The highest BCUT2D eigenvalue weighted by atomic mass is 32.1. The van der Waals surface area contributed by atoms with Gasteiger partial charge in [0.2, 0.25) is 0 Å². The summed E-state index contributed by atoms with van der Waals surface area (Å²) in [6.07, 6.45) is 3.78. The Labute approximate surface area is 168 Å². The fourth-order valence-electron chi connectivity index (χ4n) is 3.57. The van der Waals surface area contributed by atoms with Crippen molar-refractivity contribution < 1.29 is 9.53 Å². The molecular weight excluding hydrogens is 374 g/mol. The summed E-state index contributed by atoms with van der Waals surface area (Å²) < 4.78 is 7.57. The third-order valence-corrected chi connectivity index (χ3v) is 6.01. The average Bonchev–Trinajstić information content (AvgIpc) is 3.23. The number of benzene rings is 1. The smallest absolute Gasteiger partial charge is 0.270 e. The van der Waals surface area contributed by atoms with Crippen LogP contribution in [0.5, 0.6) is 5.75 Å². The molecule has 148 valence electrons. The number of carbonyl (C=O) groups is 1. The molecule has 0 bridgehead atoms. The van der Waals surface area contributed by atoms with Gasteiger partial charge < -0.3 is 15.0 Å². The van der Waals surface area contributed by atoms with E-state index >= 15 is 0 Å². The van der Waals surface area contributed by atoms with E-state index in [2.05, 4.69) is 27.3 Å². The van der Waals surface area contributed by atoms with Crippen LogP contribution in [-0.2, 0) is 13.7 Å². The highest BCUT2D eigenvalue weighted by Gasteiger charge is 2.23. The quantitative estimate of drug-likeness (QED) is 0.714. The monoisotopic (exact) mass is 399 g/mol. The zero-order valence-electron chi connectivity index (χ0n) is 16.4. The molecule has 3 aromatic rings. The summed E-state index contributed by atoms with van der Waals surface area (Å²) in [5.74, 6) is 0.648. The van der Waals surface area contributed by atoms with Crippen molar-refractivity contribution >= 4 is 28.1 Å². The van der Waals surface area contributed by atoms with Crippen molar-refractivity contribution in [3.8, 4) is 5.75 Å². The van der Waals surface area contributed by atoms with E-state index in [0.29, 0.717) is 12.3 Å². The van der Waals surface area contributed by atoms with Crippen molar-refractivity contribution in [2.24, 2.45) is 7.05 Å². The summed E-state index contributed by atoms with van der Waals surface area (Å²) in [6, 6.07) is 5.90. The summed E-state index contributed by atoms with van der Waals surface area (Å²) >= 11 is 1.62. The van der Waals surface area contributed by atoms with Gasteiger partial charge in [0.1, 0.15) is 18.1 Å². The number of rotatable bonds is 5. The molecule has 0 atom stereocenters. The molecule has 8 heteroatoms. The number of aromatic nitrogens is 3. The lowest BCUT2D eigenvalue weighted by atomic mass is 10.1. The van der Waals surface area contributed by atoms with Crippen LogP contribution in [0.15, 0.2) is 24.4 Å². The third-order valence-electron chi connectivity index (χ3n) is 5.12. The number of likely N-dealkylation sites (tertiary alicyclic amines) is 1. The zero-order valence-corrected chi connectivity index (χ0v) is 17.3. The van der Waals surface area contributed by atoms with Crippen molar-refractivity contribution in [1.29, 1.82) is 0 Å². The van der Waals surface area contributed by atoms with E-state index in [-0.39, 0.29) is 11.9 Å². The Bertz CT molecular complexity index is 988. The van der Waals surface area contributed by atoms with Gasteiger partial charge in [-0.2, -0.15) is 5.10 Å². The molecule has 28 heavy (non-hydrogen) atoms. The Morgan fingerprint density at radius 3 is 2.82 bits per heavy atom. The predicted molar refractivity (Wildman–Crippen MR) is 110 cm³/mol. The normalized spacial score (nSPS) is 15.8. The van der Waals surface area contributed by atoms with Gasteiger partial charge in [0, 0.05) is 24.7 Å². The minimum atomic E-state index is -0.0743. The first kappa shape index (κ1) is 18.9. The van der Waals surface area contributed by atoms with E-state index in [4.69, 9.17) is 4.74 Å². The Balaban J connectivity index is 1.52. The first-order valence-corrected chi connectivity index (χ1v) is 10.3. The van der Waals surface area contributed by atoms with Gasteiger partial charge in [0.05, 0.1) is 15.4 Å². The maximum absolute atomic E-state index is 13.0. The molecule has 0 unspecified atom stereocenters. The van der Waals surface area contributed by atoms with Crippen molar-refractivity contribution in [2.75, 3.05) is 20.1 Å². The minimum absolute atomic E-state index is 0.0743. The van der Waals surface area contributed by atoms with Gasteiger partial charge in [-0.15, -0.1) is 11.3 Å². The second-order valence-electron chi connectivity index (χ2n) is 7.34. The molecule has 3 heterocycles. The largest absolute Gasteiger partial charge is 0.488 e. The van der Waals surface area contributed by atoms with Gasteiger partial charge in [-0.3, -0.25) is 9.48 Å². The molecule has 0 saturated carbocycles. The molecule has 4 rings (SSSR count). The van der Waals surface area contributed by atoms with Crippen LogP contribution in [0.2, 0.25) is 0 Å². The molecule has 0 aliphatic carbocycles. The van der Waals surface area contributed by atoms with Gasteiger partial charge in [0.25, 0.3) is 5.91 Å². The minimum Gasteiger partial charge on any atom is -0.488 e. The Morgan fingerprint density at radius 1 is 1.32 bits per heavy atom. The lowest BCUT2D eigenvalue weighted by Gasteiger charge is -2.29. The molecule has 0 spiro atoms. The van der Waals surface area contributed by atoms with Crippen molar-refractivity contribution in [1.82, 2.24) is 25.0 Å². The number of hydrogen-bond donors (Lipinski definition) is 1. The molecule has 0 radical (unpaired) electrons. The molecule has 7 nitrogen and oxygen atoms in total. The van der Waals surface area contributed by atoms with Gasteiger partial charge in [-0.25, -0.2) is 4.98 Å². The van der Waals surface area contributed by atoms with Gasteiger partial charge in [-0.05, 0) is 58.1 Å². The van der Waals surface area contributed by atoms with E-state index in [9.17, 15) is 4.79 Å². The van der Waals surface area contributed by atoms with E-state index < -0.39 is 0 Å². The van der Waals surface area contributed by atoms with Crippen LogP contribution >= 0.6 is 11.3 Å². The van der Waals surface area contributed by atoms with Gasteiger partial charge in [-0.1, -0.05) is 0 Å². The van der Waals surface area contributed by atoms with Crippen molar-refractivity contribution in [3.05, 3.63) is 40.0 Å². The molecule has 1 fully saturated rings. The van der Waals surface area contributed by atoms with Crippen LogP contribution in [0.3, 0.4) is 0 Å². The number of aryl methyl sites for hydroxylation is 2. The van der Waals surface area contributed by atoms with Crippen molar-refractivity contribution in [2.45, 2.75) is 32.4 Å². The van der Waals surface area contributed by atoms with Crippen LogP contribution in [0.1, 0.15) is 33.2 Å². The lowest BCUT2D eigenvalue weighted by molar-refractivity contribution is 0.0909. The second-order valence-corrected chi connectivity index (χ2v) is 8.66. The molecule has 2 aromatic heterocycles. The Hall–Kier alpha value is -2.45. The SMILES string of the molecule is Cc1ncc(COc2ccc3nn(C)c(C(=O)NC4CCN(C)CC4)c3c2)s1. The number of ether oxygens (including phenoxy) is 1. The summed E-state index contributed by atoms with van der Waals surface area (Å²) in [5, 5.41) is 9.50. The zero-order chi connectivity index (χ0) is 19.7. The highest BCUT2D eigenvalue weighted by Crippen LogP contribution is 2.25. The number of thiazole rings is 1. The number of fused-ring (bicyclic) bond motifs is 1. The number of nitrogens with zero attached hydrogens (tertiary/aromatic N) is 4. The van der Waals surface area contributed by atoms with Crippen LogP contribution < -0.4 is 10.1 Å². The van der Waals surface area contributed by atoms with E-state index in [1.165, 1.54) is 0 Å². The predicted octanol–water partition coefficient (Wildman–Crippen LogP) is 2.74. The summed E-state index contributed by atoms with van der Waals surface area (Å²) in [7, 11) is 3.92. The molecule has 1 aliphatic heterocycles. The highest BCUT2D eigenvalue weighted by molar-refractivity contribution is 7.11. The molecule has 1 amide bonds. The van der Waals surface area contributed by atoms with Crippen LogP contribution in [0, 0.1) is 6.92 Å². The third kappa shape index (κ3) is 4.02. The number of carbonyl (C=O) groups excluding carboxylic acids is 1. The summed E-state index contributed by atoms with van der Waals surface area (Å²) in [5.41, 5.74) is 1.37. The summed E-state index contributed by atoms with van der Waals surface area (Å²) in [6.45, 7) is 4.46. The van der Waals surface area contributed by atoms with Gasteiger partial charge >= 0.3 is 0 Å². The van der Waals surface area contributed by atoms with E-state index in [1.807, 2.05) is 38.4 Å². The Kier molecular flexibility index (Phi) is 5.32. The number of hydrogen-bond acceptors (Lipinski definition) is 6. The lowest BCUT2D eigenvalue weighted by Crippen LogP contribution is -2.43. The first-order valence-electron chi connectivity index (χ1n) is 9.50. The summed E-state index contributed by atoms with van der Waals surface area (Å²) in [4.78, 5) is 20.6. The molecular formula is C20H25N5O2S. The average molecular weight is 400 g/mol. The molecule has 1 N–H and O–H groups in total. The number of amides is 1. The maximum Gasteiger partial charge on any atom is 0.270 e. The Morgan fingerprint density at radius 2 is 2.11 bits per heavy atom. The van der Waals surface area contributed by atoms with Crippen LogP contribution in [0.25, 0.3) is 10.9 Å². The maximum atomic E-state index is 13.0.